The molecule has 7 nitrogen and oxygen atoms in total. The lowest BCUT2D eigenvalue weighted by atomic mass is 9.71. The number of benzene rings is 2. The van der Waals surface area contributed by atoms with E-state index < -0.39 is 27.3 Å². The highest BCUT2D eigenvalue weighted by Gasteiger charge is 2.60. The Morgan fingerprint density at radius 3 is 2.39 bits per heavy atom. The summed E-state index contributed by atoms with van der Waals surface area (Å²) in [6, 6.07) is 8.59. The number of hydrogen-bond acceptors (Lipinski definition) is 6. The van der Waals surface area contributed by atoms with Crippen molar-refractivity contribution >= 4 is 32.7 Å². The highest BCUT2D eigenvalue weighted by molar-refractivity contribution is 7.86. The van der Waals surface area contributed by atoms with Gasteiger partial charge in [0.15, 0.2) is 0 Å². The largest absolute Gasteiger partial charge is 0.493 e. The van der Waals surface area contributed by atoms with Crippen molar-refractivity contribution in [3.8, 4) is 5.75 Å². The maximum atomic E-state index is 13.6. The van der Waals surface area contributed by atoms with E-state index in [9.17, 15) is 18.0 Å². The zero-order valence-electron chi connectivity index (χ0n) is 22.9. The van der Waals surface area contributed by atoms with Crippen LogP contribution in [0, 0.1) is 22.7 Å². The molecule has 1 unspecified atom stereocenters. The predicted molar refractivity (Wildman–Crippen MR) is 146 cm³/mol. The summed E-state index contributed by atoms with van der Waals surface area (Å²) in [5.74, 6) is -0.315. The number of hydrogen-bond donors (Lipinski definition) is 0. The van der Waals surface area contributed by atoms with Crippen molar-refractivity contribution in [1.29, 1.82) is 0 Å². The summed E-state index contributed by atoms with van der Waals surface area (Å²) in [4.78, 5) is 26.9. The lowest BCUT2D eigenvalue weighted by Crippen LogP contribution is -2.45. The topological polar surface area (TPSA) is 90.0 Å². The molecule has 0 N–H and O–H groups in total. The summed E-state index contributed by atoms with van der Waals surface area (Å²) in [6.45, 7) is 9.10. The van der Waals surface area contributed by atoms with Gasteiger partial charge in [-0.15, -0.1) is 9.35 Å². The van der Waals surface area contributed by atoms with Crippen molar-refractivity contribution in [2.45, 2.75) is 79.1 Å². The Bertz CT molecular complexity index is 1360. The SMILES string of the molecule is CCCCC(CC)COc1cc2c3c(cccc3c1)C(=O)N(OS(=O)(=O)CC13CCC(CC1)C3(C)C)C2=O. The second-order valence-electron chi connectivity index (χ2n) is 12.1. The summed E-state index contributed by atoms with van der Waals surface area (Å²) >= 11 is 0. The molecule has 0 aromatic heterocycles. The summed E-state index contributed by atoms with van der Waals surface area (Å²) in [6.07, 6.45) is 7.96. The molecule has 206 valence electrons. The first-order valence-electron chi connectivity index (χ1n) is 14.0. The van der Waals surface area contributed by atoms with Gasteiger partial charge in [0.05, 0.1) is 23.5 Å². The number of hydroxylamine groups is 2. The van der Waals surface area contributed by atoms with Gasteiger partial charge in [0, 0.05) is 5.39 Å². The van der Waals surface area contributed by atoms with E-state index >= 15 is 0 Å². The first kappa shape index (κ1) is 27.1. The van der Waals surface area contributed by atoms with Crippen molar-refractivity contribution in [1.82, 2.24) is 5.06 Å². The molecule has 2 aromatic rings. The van der Waals surface area contributed by atoms with E-state index in [4.69, 9.17) is 9.02 Å². The Kier molecular flexibility index (Phi) is 7.10. The molecule has 2 aromatic carbocycles. The Hall–Kier alpha value is -2.45. The van der Waals surface area contributed by atoms with E-state index in [1.807, 2.05) is 12.1 Å². The first-order chi connectivity index (χ1) is 18.0. The Balaban J connectivity index is 1.41. The Labute approximate surface area is 225 Å². The molecule has 38 heavy (non-hydrogen) atoms. The highest BCUT2D eigenvalue weighted by Crippen LogP contribution is 2.66. The van der Waals surface area contributed by atoms with Crippen molar-refractivity contribution in [3.63, 3.8) is 0 Å². The second-order valence-corrected chi connectivity index (χ2v) is 13.6. The minimum Gasteiger partial charge on any atom is -0.493 e. The lowest BCUT2D eigenvalue weighted by Gasteiger charge is -2.38. The van der Waals surface area contributed by atoms with E-state index in [2.05, 4.69) is 27.7 Å². The van der Waals surface area contributed by atoms with E-state index in [1.54, 1.807) is 18.2 Å². The average Bonchev–Trinajstić information content (AvgIpc) is 3.26. The normalized spacial score (nSPS) is 24.8. The third kappa shape index (κ3) is 4.53. The number of nitrogens with zero attached hydrogens (tertiary/aromatic N) is 1. The number of ether oxygens (including phenoxy) is 1. The number of amides is 2. The van der Waals surface area contributed by atoms with Gasteiger partial charge in [0.25, 0.3) is 21.9 Å². The molecule has 0 spiro atoms. The number of fused-ring (bicyclic) bond motifs is 2. The molecule has 0 radical (unpaired) electrons. The van der Waals surface area contributed by atoms with Crippen LogP contribution >= 0.6 is 0 Å². The summed E-state index contributed by atoms with van der Waals surface area (Å²) in [7, 11) is -4.21. The molecule has 2 saturated carbocycles. The van der Waals surface area contributed by atoms with E-state index in [0.29, 0.717) is 40.0 Å². The predicted octanol–water partition coefficient (Wildman–Crippen LogP) is 6.51. The molecule has 1 aliphatic heterocycles. The van der Waals surface area contributed by atoms with Crippen LogP contribution in [0.3, 0.4) is 0 Å². The average molecular weight is 542 g/mol. The van der Waals surface area contributed by atoms with Crippen molar-refractivity contribution in [3.05, 3.63) is 41.5 Å². The fourth-order valence-corrected chi connectivity index (χ4v) is 8.85. The van der Waals surface area contributed by atoms with E-state index in [-0.39, 0.29) is 22.3 Å². The van der Waals surface area contributed by atoms with Crippen LogP contribution in [0.4, 0.5) is 0 Å². The van der Waals surface area contributed by atoms with Gasteiger partial charge < -0.3 is 4.74 Å². The van der Waals surface area contributed by atoms with Crippen LogP contribution in [0.5, 0.6) is 5.75 Å². The van der Waals surface area contributed by atoms with Gasteiger partial charge in [-0.3, -0.25) is 9.59 Å². The van der Waals surface area contributed by atoms with Crippen LogP contribution in [0.15, 0.2) is 30.3 Å². The molecule has 1 atom stereocenters. The number of unbranched alkanes of at least 4 members (excludes halogenated alkanes) is 1. The maximum absolute atomic E-state index is 13.6. The van der Waals surface area contributed by atoms with E-state index in [0.717, 1.165) is 51.4 Å². The van der Waals surface area contributed by atoms with Crippen LogP contribution in [-0.4, -0.2) is 37.7 Å². The summed E-state index contributed by atoms with van der Waals surface area (Å²) in [5, 5.41) is 1.64. The van der Waals surface area contributed by atoms with Gasteiger partial charge >= 0.3 is 0 Å². The number of imide groups is 1. The molecule has 1 heterocycles. The van der Waals surface area contributed by atoms with Crippen molar-refractivity contribution in [2.75, 3.05) is 12.4 Å². The summed E-state index contributed by atoms with van der Waals surface area (Å²) in [5.41, 5.74) is -0.0689. The molecule has 0 saturated heterocycles. The Morgan fingerprint density at radius 1 is 1.05 bits per heavy atom. The standard InChI is InChI=1S/C30H39NO6S/c1-5-7-9-20(6-2)18-36-23-16-21-10-8-11-24-26(21)25(17-23)28(33)31(27(24)32)37-38(34,35)19-30-14-12-22(13-15-30)29(30,3)4/h8,10-11,16-17,20,22H,5-7,9,12-15,18-19H2,1-4H3. The Morgan fingerprint density at radius 2 is 1.76 bits per heavy atom. The van der Waals surface area contributed by atoms with Gasteiger partial charge in [0.1, 0.15) is 5.75 Å². The van der Waals surface area contributed by atoms with Crippen molar-refractivity contribution in [2.24, 2.45) is 22.7 Å². The van der Waals surface area contributed by atoms with Gasteiger partial charge in [-0.2, -0.15) is 8.42 Å². The zero-order valence-corrected chi connectivity index (χ0v) is 23.7. The van der Waals surface area contributed by atoms with Gasteiger partial charge in [0.2, 0.25) is 0 Å². The minimum absolute atomic E-state index is 0.128. The second kappa shape index (κ2) is 9.94. The molecular weight excluding hydrogens is 502 g/mol. The zero-order chi connectivity index (χ0) is 27.3. The molecule has 2 bridgehead atoms. The third-order valence-corrected chi connectivity index (χ3v) is 11.1. The van der Waals surface area contributed by atoms with Crippen LogP contribution in [-0.2, 0) is 14.4 Å². The van der Waals surface area contributed by atoms with E-state index in [1.165, 1.54) is 0 Å². The molecular formula is C30H39NO6S. The molecule has 2 fully saturated rings. The first-order valence-corrected chi connectivity index (χ1v) is 15.6. The molecule has 2 aliphatic carbocycles. The lowest BCUT2D eigenvalue weighted by molar-refractivity contribution is -0.0169. The van der Waals surface area contributed by atoms with Crippen LogP contribution in [0.1, 0.15) is 99.8 Å². The smallest absolute Gasteiger partial charge is 0.289 e. The number of rotatable bonds is 11. The monoisotopic (exact) mass is 541 g/mol. The van der Waals surface area contributed by atoms with Gasteiger partial charge in [-0.25, -0.2) is 0 Å². The fourth-order valence-electron chi connectivity index (χ4n) is 7.10. The molecule has 3 aliphatic rings. The van der Waals surface area contributed by atoms with Crippen molar-refractivity contribution < 1.29 is 27.0 Å². The minimum atomic E-state index is -4.21. The van der Waals surface area contributed by atoms with Gasteiger partial charge in [-0.05, 0) is 78.4 Å². The quantitative estimate of drug-likeness (QED) is 0.301. The van der Waals surface area contributed by atoms with Crippen LogP contribution in [0.2, 0.25) is 0 Å². The maximum Gasteiger partial charge on any atom is 0.289 e. The third-order valence-electron chi connectivity index (χ3n) is 9.78. The van der Waals surface area contributed by atoms with Crippen LogP contribution in [0.25, 0.3) is 10.8 Å². The fraction of sp³-hybridized carbons (Fsp3) is 0.600. The molecule has 2 amide bonds. The number of carbonyl (C=O) groups excluding carboxylic acids is 2. The number of carbonyl (C=O) groups is 2. The molecule has 8 heteroatoms. The van der Waals surface area contributed by atoms with Gasteiger partial charge in [-0.1, -0.05) is 59.1 Å². The summed E-state index contributed by atoms with van der Waals surface area (Å²) < 4.78 is 38.2. The highest BCUT2D eigenvalue weighted by atomic mass is 32.2. The molecule has 5 rings (SSSR count). The van der Waals surface area contributed by atoms with Crippen LogP contribution < -0.4 is 4.74 Å².